The van der Waals surface area contributed by atoms with Gasteiger partial charge in [0.2, 0.25) is 11.2 Å². The van der Waals surface area contributed by atoms with Gasteiger partial charge in [-0.25, -0.2) is 4.98 Å². The third-order valence-corrected chi connectivity index (χ3v) is 4.18. The first-order chi connectivity index (χ1) is 9.19. The number of nitrogens with zero attached hydrogens (tertiary/aromatic N) is 3. The molecule has 1 aliphatic heterocycles. The third kappa shape index (κ3) is 2.32. The van der Waals surface area contributed by atoms with Gasteiger partial charge in [0.05, 0.1) is 12.5 Å². The Hall–Kier alpha value is -1.20. The zero-order chi connectivity index (χ0) is 13.4. The highest BCUT2D eigenvalue weighted by Gasteiger charge is 2.36. The van der Waals surface area contributed by atoms with E-state index < -0.39 is 0 Å². The molecule has 19 heavy (non-hydrogen) atoms. The molecule has 1 aromatic heterocycles. The standard InChI is InChI=1S/C13H16ClN3O2/c1-19-10-4-2-9(3-5-10)17-11(18)6-8-7-15-13(14)16-12(8)17/h7,9-10H,2-6H2,1H3. The second-order valence-electron chi connectivity index (χ2n) is 5.09. The lowest BCUT2D eigenvalue weighted by Gasteiger charge is -2.33. The Morgan fingerprint density at radius 2 is 2.11 bits per heavy atom. The Balaban J connectivity index is 1.82. The largest absolute Gasteiger partial charge is 0.381 e. The number of hydrogen-bond acceptors (Lipinski definition) is 4. The molecule has 2 heterocycles. The van der Waals surface area contributed by atoms with Gasteiger partial charge in [-0.3, -0.25) is 9.69 Å². The molecular weight excluding hydrogens is 266 g/mol. The van der Waals surface area contributed by atoms with Crippen LogP contribution < -0.4 is 4.90 Å². The van der Waals surface area contributed by atoms with Gasteiger partial charge in [0.25, 0.3) is 0 Å². The van der Waals surface area contributed by atoms with Crippen molar-refractivity contribution in [3.05, 3.63) is 17.0 Å². The Morgan fingerprint density at radius 3 is 2.79 bits per heavy atom. The van der Waals surface area contributed by atoms with E-state index in [2.05, 4.69) is 9.97 Å². The van der Waals surface area contributed by atoms with E-state index in [1.165, 1.54) is 0 Å². The zero-order valence-electron chi connectivity index (χ0n) is 10.8. The lowest BCUT2D eigenvalue weighted by Crippen LogP contribution is -2.41. The minimum Gasteiger partial charge on any atom is -0.381 e. The van der Waals surface area contributed by atoms with Crippen molar-refractivity contribution in [1.82, 2.24) is 9.97 Å². The lowest BCUT2D eigenvalue weighted by atomic mass is 9.92. The predicted molar refractivity (Wildman–Crippen MR) is 71.3 cm³/mol. The highest BCUT2D eigenvalue weighted by atomic mass is 35.5. The number of amides is 1. The average molecular weight is 282 g/mol. The molecule has 3 rings (SSSR count). The first-order valence-corrected chi connectivity index (χ1v) is 6.93. The predicted octanol–water partition coefficient (Wildman–Crippen LogP) is 1.98. The summed E-state index contributed by atoms with van der Waals surface area (Å²) in [5.41, 5.74) is 0.878. The van der Waals surface area contributed by atoms with Gasteiger partial charge in [0.15, 0.2) is 0 Å². The van der Waals surface area contributed by atoms with Crippen LogP contribution in [-0.2, 0) is 16.0 Å². The number of anilines is 1. The maximum absolute atomic E-state index is 12.2. The van der Waals surface area contributed by atoms with Crippen LogP contribution in [0.1, 0.15) is 31.2 Å². The lowest BCUT2D eigenvalue weighted by molar-refractivity contribution is -0.118. The van der Waals surface area contributed by atoms with Crippen molar-refractivity contribution in [1.29, 1.82) is 0 Å². The molecule has 1 fully saturated rings. The number of carbonyl (C=O) groups is 1. The van der Waals surface area contributed by atoms with Crippen molar-refractivity contribution in [2.75, 3.05) is 12.0 Å². The third-order valence-electron chi connectivity index (χ3n) is 3.99. The average Bonchev–Trinajstić information content (AvgIpc) is 2.74. The molecule has 0 bridgehead atoms. The summed E-state index contributed by atoms with van der Waals surface area (Å²) in [6, 6.07) is 0.214. The van der Waals surface area contributed by atoms with Crippen LogP contribution in [0.2, 0.25) is 5.28 Å². The molecule has 1 aromatic rings. The van der Waals surface area contributed by atoms with Gasteiger partial charge in [-0.1, -0.05) is 0 Å². The van der Waals surface area contributed by atoms with E-state index in [4.69, 9.17) is 16.3 Å². The molecule has 0 spiro atoms. The van der Waals surface area contributed by atoms with Crippen LogP contribution in [0.3, 0.4) is 0 Å². The number of carbonyl (C=O) groups excluding carboxylic acids is 1. The van der Waals surface area contributed by atoms with Crippen molar-refractivity contribution in [3.8, 4) is 0 Å². The van der Waals surface area contributed by atoms with Gasteiger partial charge in [0, 0.05) is 24.9 Å². The molecule has 0 radical (unpaired) electrons. The van der Waals surface area contributed by atoms with E-state index in [-0.39, 0.29) is 17.2 Å². The monoisotopic (exact) mass is 281 g/mol. The fourth-order valence-corrected chi connectivity index (χ4v) is 3.12. The molecule has 0 unspecified atom stereocenters. The fraction of sp³-hybridized carbons (Fsp3) is 0.615. The van der Waals surface area contributed by atoms with E-state index >= 15 is 0 Å². The van der Waals surface area contributed by atoms with Crippen molar-refractivity contribution in [3.63, 3.8) is 0 Å². The Morgan fingerprint density at radius 1 is 1.37 bits per heavy atom. The zero-order valence-corrected chi connectivity index (χ0v) is 11.6. The summed E-state index contributed by atoms with van der Waals surface area (Å²) in [6.07, 6.45) is 6.23. The van der Waals surface area contributed by atoms with Gasteiger partial charge in [-0.05, 0) is 37.3 Å². The number of fused-ring (bicyclic) bond motifs is 1. The van der Waals surface area contributed by atoms with Crippen molar-refractivity contribution in [2.24, 2.45) is 0 Å². The van der Waals surface area contributed by atoms with E-state index in [0.29, 0.717) is 18.3 Å². The maximum atomic E-state index is 12.2. The quantitative estimate of drug-likeness (QED) is 0.778. The summed E-state index contributed by atoms with van der Waals surface area (Å²) in [4.78, 5) is 22.2. The van der Waals surface area contributed by atoms with Gasteiger partial charge >= 0.3 is 0 Å². The normalized spacial score (nSPS) is 26.6. The van der Waals surface area contributed by atoms with E-state index in [1.54, 1.807) is 13.3 Å². The van der Waals surface area contributed by atoms with E-state index in [0.717, 1.165) is 31.2 Å². The van der Waals surface area contributed by atoms with E-state index in [1.807, 2.05) is 4.90 Å². The molecule has 0 aromatic carbocycles. The molecule has 0 saturated heterocycles. The molecule has 1 aliphatic carbocycles. The number of methoxy groups -OCH3 is 1. The van der Waals surface area contributed by atoms with Crippen molar-refractivity contribution >= 4 is 23.3 Å². The van der Waals surface area contributed by atoms with Crippen LogP contribution in [0.15, 0.2) is 6.20 Å². The van der Waals surface area contributed by atoms with Crippen molar-refractivity contribution < 1.29 is 9.53 Å². The number of rotatable bonds is 2. The van der Waals surface area contributed by atoms with Crippen LogP contribution >= 0.6 is 11.6 Å². The fourth-order valence-electron chi connectivity index (χ4n) is 2.99. The Kier molecular flexibility index (Phi) is 3.41. The van der Waals surface area contributed by atoms with Crippen LogP contribution in [0.25, 0.3) is 0 Å². The number of halogens is 1. The highest BCUT2D eigenvalue weighted by molar-refractivity contribution is 6.28. The summed E-state index contributed by atoms with van der Waals surface area (Å²) in [6.45, 7) is 0. The first kappa shape index (κ1) is 12.8. The van der Waals surface area contributed by atoms with Crippen molar-refractivity contribution in [2.45, 2.75) is 44.2 Å². The van der Waals surface area contributed by atoms with Crippen LogP contribution in [0, 0.1) is 0 Å². The topological polar surface area (TPSA) is 55.3 Å². The highest BCUT2D eigenvalue weighted by Crippen LogP contribution is 2.34. The molecule has 1 saturated carbocycles. The summed E-state index contributed by atoms with van der Waals surface area (Å²) in [5.74, 6) is 0.804. The van der Waals surface area contributed by atoms with Gasteiger partial charge in [-0.2, -0.15) is 4.98 Å². The molecule has 0 atom stereocenters. The van der Waals surface area contributed by atoms with Gasteiger partial charge in [-0.15, -0.1) is 0 Å². The second kappa shape index (κ2) is 5.06. The van der Waals surface area contributed by atoms with Crippen LogP contribution in [0.4, 0.5) is 5.82 Å². The summed E-state index contributed by atoms with van der Waals surface area (Å²) >= 11 is 5.84. The minimum absolute atomic E-state index is 0.104. The molecule has 102 valence electrons. The van der Waals surface area contributed by atoms with Gasteiger partial charge < -0.3 is 4.74 Å². The SMILES string of the molecule is COC1CCC(N2C(=O)Cc3cnc(Cl)nc32)CC1. The summed E-state index contributed by atoms with van der Waals surface area (Å²) < 4.78 is 5.37. The second-order valence-corrected chi connectivity index (χ2v) is 5.43. The molecule has 6 heteroatoms. The summed E-state index contributed by atoms with van der Waals surface area (Å²) in [5, 5.41) is 0.198. The maximum Gasteiger partial charge on any atom is 0.233 e. The van der Waals surface area contributed by atoms with Crippen LogP contribution in [0.5, 0.6) is 0 Å². The molecule has 0 N–H and O–H groups in total. The number of ether oxygens (including phenoxy) is 1. The molecule has 1 amide bonds. The minimum atomic E-state index is 0.104. The summed E-state index contributed by atoms with van der Waals surface area (Å²) in [7, 11) is 1.74. The Bertz CT molecular complexity index is 501. The number of hydrogen-bond donors (Lipinski definition) is 0. The molecule has 5 nitrogen and oxygen atoms in total. The Labute approximate surface area is 116 Å². The van der Waals surface area contributed by atoms with Gasteiger partial charge in [0.1, 0.15) is 5.82 Å². The van der Waals surface area contributed by atoms with E-state index in [9.17, 15) is 4.79 Å². The first-order valence-electron chi connectivity index (χ1n) is 6.55. The smallest absolute Gasteiger partial charge is 0.233 e. The number of aromatic nitrogens is 2. The molecule has 2 aliphatic rings. The molecular formula is C13H16ClN3O2. The van der Waals surface area contributed by atoms with Crippen LogP contribution in [-0.4, -0.2) is 35.1 Å².